The molecule has 0 unspecified atom stereocenters. The Balaban J connectivity index is 2.97. The number of likely N-dealkylation sites (N-methyl/N-ethyl adjacent to an activating group) is 1. The molecule has 1 N–H and O–H groups in total. The Morgan fingerprint density at radius 1 is 1.45 bits per heavy atom. The van der Waals surface area contributed by atoms with Crippen LogP contribution in [0.15, 0.2) is 36.9 Å². The van der Waals surface area contributed by atoms with E-state index in [-0.39, 0.29) is 12.5 Å². The van der Waals surface area contributed by atoms with E-state index >= 15 is 0 Å². The maximum Gasteiger partial charge on any atom is 0.257 e. The lowest BCUT2D eigenvalue weighted by molar-refractivity contribution is 0.0313. The van der Waals surface area contributed by atoms with E-state index in [4.69, 9.17) is 4.74 Å². The van der Waals surface area contributed by atoms with E-state index in [1.807, 2.05) is 13.0 Å². The van der Waals surface area contributed by atoms with Crippen LogP contribution < -0.4 is 4.74 Å². The van der Waals surface area contributed by atoms with Gasteiger partial charge in [0.1, 0.15) is 12.4 Å². The minimum atomic E-state index is -0.928. The second-order valence-electron chi connectivity index (χ2n) is 5.23. The zero-order chi connectivity index (χ0) is 15.2. The summed E-state index contributed by atoms with van der Waals surface area (Å²) in [5.41, 5.74) is -0.428. The van der Waals surface area contributed by atoms with E-state index < -0.39 is 5.60 Å². The highest BCUT2D eigenvalue weighted by atomic mass is 16.5. The van der Waals surface area contributed by atoms with Crippen molar-refractivity contribution >= 4 is 5.91 Å². The van der Waals surface area contributed by atoms with Crippen molar-refractivity contribution in [3.63, 3.8) is 0 Å². The fraction of sp³-hybridized carbons (Fsp3) is 0.438. The van der Waals surface area contributed by atoms with E-state index in [9.17, 15) is 9.90 Å². The lowest BCUT2D eigenvalue weighted by Gasteiger charge is -2.28. The number of hydrogen-bond donors (Lipinski definition) is 1. The van der Waals surface area contributed by atoms with E-state index in [1.54, 1.807) is 43.0 Å². The number of carbonyl (C=O) groups excluding carboxylic acids is 1. The number of carbonyl (C=O) groups is 1. The monoisotopic (exact) mass is 277 g/mol. The molecule has 0 bridgehead atoms. The van der Waals surface area contributed by atoms with Crippen LogP contribution in [0.3, 0.4) is 0 Å². The van der Waals surface area contributed by atoms with Crippen molar-refractivity contribution in [3.8, 4) is 5.75 Å². The van der Waals surface area contributed by atoms with Gasteiger partial charge in [-0.05, 0) is 32.9 Å². The van der Waals surface area contributed by atoms with Gasteiger partial charge in [0.25, 0.3) is 5.91 Å². The number of ether oxygens (including phenoxy) is 1. The second kappa shape index (κ2) is 7.10. The molecule has 1 rings (SSSR count). The lowest BCUT2D eigenvalue weighted by Crippen LogP contribution is -2.42. The van der Waals surface area contributed by atoms with E-state index in [2.05, 4.69) is 6.58 Å². The summed E-state index contributed by atoms with van der Waals surface area (Å²) < 4.78 is 5.50. The first-order chi connectivity index (χ1) is 9.39. The molecule has 0 saturated carbocycles. The number of benzene rings is 1. The Bertz CT molecular complexity index is 463. The SMILES string of the molecule is C=CCOc1ccccc1C(=O)N(CC)CC(C)(C)O. The van der Waals surface area contributed by atoms with Crippen LogP contribution in [0.1, 0.15) is 31.1 Å². The zero-order valence-electron chi connectivity index (χ0n) is 12.4. The van der Waals surface area contributed by atoms with Crippen LogP contribution in [0.4, 0.5) is 0 Å². The molecule has 1 aromatic rings. The molecular weight excluding hydrogens is 254 g/mol. The molecule has 1 aromatic carbocycles. The standard InChI is InChI=1S/C16H23NO3/c1-5-11-20-14-10-8-7-9-13(14)15(18)17(6-2)12-16(3,4)19/h5,7-10,19H,1,6,11-12H2,2-4H3. The van der Waals surface area contributed by atoms with Crippen molar-refractivity contribution in [2.45, 2.75) is 26.4 Å². The number of para-hydroxylation sites is 1. The maximum absolute atomic E-state index is 12.5. The molecule has 0 aromatic heterocycles. The Kier molecular flexibility index (Phi) is 5.77. The molecule has 0 aliphatic rings. The van der Waals surface area contributed by atoms with E-state index in [1.165, 1.54) is 0 Å². The first-order valence-corrected chi connectivity index (χ1v) is 6.73. The Hall–Kier alpha value is -1.81. The van der Waals surface area contributed by atoms with Gasteiger partial charge in [-0.2, -0.15) is 0 Å². The first-order valence-electron chi connectivity index (χ1n) is 6.73. The summed E-state index contributed by atoms with van der Waals surface area (Å²) in [7, 11) is 0. The molecule has 0 aliphatic carbocycles. The number of aliphatic hydroxyl groups is 1. The van der Waals surface area contributed by atoms with Gasteiger partial charge < -0.3 is 14.7 Å². The first kappa shape index (κ1) is 16.2. The average molecular weight is 277 g/mol. The molecule has 4 nitrogen and oxygen atoms in total. The minimum absolute atomic E-state index is 0.144. The van der Waals surface area contributed by atoms with Crippen LogP contribution in [0.2, 0.25) is 0 Å². The molecule has 0 saturated heterocycles. The van der Waals surface area contributed by atoms with Gasteiger partial charge >= 0.3 is 0 Å². The molecule has 0 radical (unpaired) electrons. The van der Waals surface area contributed by atoms with Crippen molar-refractivity contribution in [1.82, 2.24) is 4.90 Å². The third kappa shape index (κ3) is 4.70. The summed E-state index contributed by atoms with van der Waals surface area (Å²) in [5, 5.41) is 9.89. The number of amides is 1. The smallest absolute Gasteiger partial charge is 0.257 e. The zero-order valence-corrected chi connectivity index (χ0v) is 12.4. The summed E-state index contributed by atoms with van der Waals surface area (Å²) in [6.07, 6.45) is 1.63. The molecule has 20 heavy (non-hydrogen) atoms. The predicted molar refractivity (Wildman–Crippen MR) is 80.0 cm³/mol. The third-order valence-corrected chi connectivity index (χ3v) is 2.72. The quantitative estimate of drug-likeness (QED) is 0.779. The van der Waals surface area contributed by atoms with Gasteiger partial charge in [0.2, 0.25) is 0 Å². The van der Waals surface area contributed by atoms with Crippen molar-refractivity contribution in [2.24, 2.45) is 0 Å². The topological polar surface area (TPSA) is 49.8 Å². The van der Waals surface area contributed by atoms with Gasteiger partial charge in [0.05, 0.1) is 11.2 Å². The van der Waals surface area contributed by atoms with Crippen LogP contribution in [0.5, 0.6) is 5.75 Å². The maximum atomic E-state index is 12.5. The molecule has 0 heterocycles. The van der Waals surface area contributed by atoms with Gasteiger partial charge in [-0.3, -0.25) is 4.79 Å². The van der Waals surface area contributed by atoms with Crippen molar-refractivity contribution in [1.29, 1.82) is 0 Å². The normalized spacial score (nSPS) is 11.0. The van der Waals surface area contributed by atoms with Gasteiger partial charge in [-0.15, -0.1) is 0 Å². The predicted octanol–water partition coefficient (Wildman–Crippen LogP) is 2.48. The highest BCUT2D eigenvalue weighted by molar-refractivity contribution is 5.97. The van der Waals surface area contributed by atoms with Crippen molar-refractivity contribution < 1.29 is 14.6 Å². The largest absolute Gasteiger partial charge is 0.489 e. The summed E-state index contributed by atoms with van der Waals surface area (Å²) in [6.45, 7) is 10.0. The van der Waals surface area contributed by atoms with E-state index in [0.29, 0.717) is 24.5 Å². The number of rotatable bonds is 7. The van der Waals surface area contributed by atoms with Crippen LogP contribution in [-0.2, 0) is 0 Å². The molecule has 4 heteroatoms. The fourth-order valence-corrected chi connectivity index (χ4v) is 1.88. The van der Waals surface area contributed by atoms with Crippen LogP contribution in [0, 0.1) is 0 Å². The van der Waals surface area contributed by atoms with Crippen molar-refractivity contribution in [2.75, 3.05) is 19.7 Å². The van der Waals surface area contributed by atoms with E-state index in [0.717, 1.165) is 0 Å². The summed E-state index contributed by atoms with van der Waals surface area (Å²) in [4.78, 5) is 14.2. The van der Waals surface area contributed by atoms with Crippen molar-refractivity contribution in [3.05, 3.63) is 42.5 Å². The van der Waals surface area contributed by atoms with Crippen LogP contribution in [-0.4, -0.2) is 41.2 Å². The van der Waals surface area contributed by atoms with Crippen LogP contribution >= 0.6 is 0 Å². The van der Waals surface area contributed by atoms with Gasteiger partial charge in [0, 0.05) is 13.1 Å². The molecule has 0 fully saturated rings. The molecule has 0 aliphatic heterocycles. The Labute approximate surface area is 120 Å². The van der Waals surface area contributed by atoms with Crippen LogP contribution in [0.25, 0.3) is 0 Å². The number of hydrogen-bond acceptors (Lipinski definition) is 3. The number of nitrogens with zero attached hydrogens (tertiary/aromatic N) is 1. The highest BCUT2D eigenvalue weighted by Gasteiger charge is 2.24. The molecular formula is C16H23NO3. The molecule has 110 valence electrons. The van der Waals surface area contributed by atoms with Gasteiger partial charge in [-0.25, -0.2) is 0 Å². The average Bonchev–Trinajstić information content (AvgIpc) is 2.41. The summed E-state index contributed by atoms with van der Waals surface area (Å²) in [5.74, 6) is 0.390. The minimum Gasteiger partial charge on any atom is -0.489 e. The lowest BCUT2D eigenvalue weighted by atomic mass is 10.1. The Morgan fingerprint density at radius 3 is 2.65 bits per heavy atom. The van der Waals surface area contributed by atoms with Gasteiger partial charge in [0.15, 0.2) is 0 Å². The summed E-state index contributed by atoms with van der Waals surface area (Å²) in [6, 6.07) is 7.11. The Morgan fingerprint density at radius 2 is 2.10 bits per heavy atom. The summed E-state index contributed by atoms with van der Waals surface area (Å²) >= 11 is 0. The second-order valence-corrected chi connectivity index (χ2v) is 5.23. The third-order valence-electron chi connectivity index (χ3n) is 2.72. The van der Waals surface area contributed by atoms with Gasteiger partial charge in [-0.1, -0.05) is 24.8 Å². The molecule has 0 spiro atoms. The highest BCUT2D eigenvalue weighted by Crippen LogP contribution is 2.21. The molecule has 1 amide bonds. The molecule has 0 atom stereocenters. The fourth-order valence-electron chi connectivity index (χ4n) is 1.88.